The second-order valence-electron chi connectivity index (χ2n) is 26.0. The van der Waals surface area contributed by atoms with Crippen molar-refractivity contribution < 1.29 is 82.8 Å². The van der Waals surface area contributed by atoms with Crippen LogP contribution in [0.5, 0.6) is 0 Å². The number of unbranched alkanes of at least 4 members (excludes halogenated alkanes) is 1. The van der Waals surface area contributed by atoms with Gasteiger partial charge >= 0.3 is 11.9 Å². The highest BCUT2D eigenvalue weighted by atomic mass is 32.1. The number of thiol groups is 2. The van der Waals surface area contributed by atoms with Gasteiger partial charge in [0, 0.05) is 55.3 Å². The lowest BCUT2D eigenvalue weighted by Crippen LogP contribution is -2.64. The Hall–Kier alpha value is -7.82. The fourth-order valence-electron chi connectivity index (χ4n) is 9.59. The molecule has 11 atom stereocenters. The Morgan fingerprint density at radius 1 is 0.600 bits per heavy atom. The predicted molar refractivity (Wildman–Crippen MR) is 358 cm³/mol. The molecule has 0 saturated carbocycles. The van der Waals surface area contributed by atoms with E-state index in [0.717, 1.165) is 24.3 Å². The van der Waals surface area contributed by atoms with Gasteiger partial charge in [0.25, 0.3) is 0 Å². The molecule has 34 heteroatoms. The van der Waals surface area contributed by atoms with Crippen molar-refractivity contribution in [1.82, 2.24) is 58.1 Å². The Morgan fingerprint density at radius 2 is 1.14 bits per heavy atom. The van der Waals surface area contributed by atoms with Gasteiger partial charge in [0.05, 0.1) is 19.1 Å². The molecule has 0 radical (unpaired) electrons. The Labute approximate surface area is 565 Å². The maximum atomic E-state index is 14.7. The molecule has 0 fully saturated rings. The molecule has 536 valence electrons. The molecular formula is C61H103N15O17S2. The van der Waals surface area contributed by atoms with Crippen molar-refractivity contribution in [2.45, 2.75) is 228 Å². The van der Waals surface area contributed by atoms with Gasteiger partial charge in [-0.1, -0.05) is 58.9 Å². The van der Waals surface area contributed by atoms with Crippen LogP contribution in [0.2, 0.25) is 0 Å². The van der Waals surface area contributed by atoms with E-state index in [4.69, 9.17) is 22.6 Å². The van der Waals surface area contributed by atoms with Crippen LogP contribution in [0.25, 0.3) is 0 Å². The zero-order valence-electron chi connectivity index (χ0n) is 56.3. The van der Waals surface area contributed by atoms with E-state index in [2.05, 4.69) is 78.4 Å². The van der Waals surface area contributed by atoms with E-state index in [1.807, 2.05) is 32.9 Å². The number of primary amides is 1. The molecule has 21 N–H and O–H groups in total. The van der Waals surface area contributed by atoms with E-state index in [9.17, 15) is 82.8 Å². The van der Waals surface area contributed by atoms with Gasteiger partial charge in [-0.15, -0.1) is 0 Å². The average molecular weight is 1380 g/mol. The molecule has 32 nitrogen and oxygen atoms in total. The summed E-state index contributed by atoms with van der Waals surface area (Å²) in [6, 6.07) is -8.50. The van der Waals surface area contributed by atoms with Crippen LogP contribution in [-0.4, -0.2) is 211 Å². The molecule has 1 aromatic carbocycles. The molecule has 0 spiro atoms. The second-order valence-corrected chi connectivity index (χ2v) is 28.3. The number of aliphatic hydroxyl groups is 2. The van der Waals surface area contributed by atoms with Gasteiger partial charge in [-0.05, 0) is 109 Å². The number of rotatable bonds is 42. The number of hydrogen-bond acceptors (Lipinski definition) is 19. The normalized spacial score (nSPS) is 15.1. The highest BCUT2D eigenvalue weighted by Crippen LogP contribution is 2.25. The van der Waals surface area contributed by atoms with Gasteiger partial charge in [-0.2, -0.15) is 25.3 Å². The quantitative estimate of drug-likeness (QED) is 0.0136. The average Bonchev–Trinajstić information content (AvgIpc) is 0.839. The van der Waals surface area contributed by atoms with Crippen molar-refractivity contribution in [3.63, 3.8) is 0 Å². The molecule has 0 aliphatic carbocycles. The van der Waals surface area contributed by atoms with Gasteiger partial charge in [0.2, 0.25) is 65.0 Å². The number of aliphatic hydroxyl groups excluding tert-OH is 2. The van der Waals surface area contributed by atoms with Crippen LogP contribution >= 0.6 is 25.3 Å². The summed E-state index contributed by atoms with van der Waals surface area (Å²) in [6.07, 6.45) is -3.48. The van der Waals surface area contributed by atoms with Crippen LogP contribution in [0.15, 0.2) is 24.3 Å². The molecule has 0 aliphatic heterocycles. The summed E-state index contributed by atoms with van der Waals surface area (Å²) in [7, 11) is 1.24. The maximum absolute atomic E-state index is 14.7. The molecule has 0 saturated heterocycles. The molecule has 0 bridgehead atoms. The first-order chi connectivity index (χ1) is 43.8. The van der Waals surface area contributed by atoms with Gasteiger partial charge in [0.1, 0.15) is 54.4 Å². The monoisotopic (exact) mass is 1380 g/mol. The largest absolute Gasteiger partial charge is 0.481 e. The van der Waals surface area contributed by atoms with E-state index in [-0.39, 0.29) is 56.4 Å². The van der Waals surface area contributed by atoms with Crippen molar-refractivity contribution in [3.8, 4) is 0 Å². The van der Waals surface area contributed by atoms with Crippen LogP contribution in [0.1, 0.15) is 151 Å². The van der Waals surface area contributed by atoms with E-state index in [1.54, 1.807) is 26.0 Å². The summed E-state index contributed by atoms with van der Waals surface area (Å²) in [5.41, 5.74) is 17.7. The minimum absolute atomic E-state index is 0.0450. The second kappa shape index (κ2) is 39.9. The number of benzene rings is 1. The molecule has 0 aromatic heterocycles. The molecule has 1 rings (SSSR count). The third-order valence-corrected chi connectivity index (χ3v) is 15.4. The first-order valence-corrected chi connectivity index (χ1v) is 32.0. The number of carboxylic acid groups (broad SMARTS) is 2. The highest BCUT2D eigenvalue weighted by Gasteiger charge is 2.42. The van der Waals surface area contributed by atoms with Crippen LogP contribution in [-0.2, 0) is 74.2 Å². The third kappa shape index (κ3) is 31.5. The van der Waals surface area contributed by atoms with Crippen molar-refractivity contribution in [3.05, 3.63) is 35.4 Å². The Morgan fingerprint density at radius 3 is 1.62 bits per heavy atom. The minimum Gasteiger partial charge on any atom is -0.481 e. The number of nitrogens with two attached hydrogens (primary N) is 3. The van der Waals surface area contributed by atoms with Crippen molar-refractivity contribution in [1.29, 1.82) is 5.41 Å². The summed E-state index contributed by atoms with van der Waals surface area (Å²) >= 11 is 9.08. The summed E-state index contributed by atoms with van der Waals surface area (Å²) in [6.45, 7) is 16.8. The zero-order chi connectivity index (χ0) is 73.0. The Balaban J connectivity index is 3.68. The standard InChI is InChI=1S/C61H103N15O17S2/c1-31(2)26-38(71-55(91)46(32(3)78)74-51(87)40(29-45(83)84)70-53(89)41(30-77)73-54(90)42(17-15-25-66-58(64)65)76(12)57(93)48(61(10,11)95)67-33(4)79)52(88)75-47(60(8,9)94)56(92)72-39(27-34-18-20-35(21-19-34)59(5,6)7)50(86)68-36(22-23-44(81)82)28-43(80)69-37(49(63)85)16-13-14-24-62/h18-21,31-32,36-42,46-48,77-78,94-95H,13-17,22-30,62H2,1-12H3,(H2,63,85)(H,67,79)(H,68,86)(H,69,80)(H,70,89)(H,71,91)(H,72,92)(H,73,90)(H,74,87)(H,75,88)(H,81,82)(H,83,84)(H4,64,65,66)/t32?,36-,37+,38-,39-,40-,41-,42-,46-,47+,48+/m0/s1. The minimum atomic E-state index is -2.08. The Bertz CT molecular complexity index is 2830. The number of guanidine groups is 1. The van der Waals surface area contributed by atoms with Crippen LogP contribution in [0.4, 0.5) is 0 Å². The molecule has 0 aliphatic rings. The molecule has 11 amide bonds. The number of amides is 11. The molecular weight excluding hydrogens is 1280 g/mol. The van der Waals surface area contributed by atoms with E-state index < -0.39 is 185 Å². The van der Waals surface area contributed by atoms with Gasteiger partial charge in [-0.3, -0.25) is 67.7 Å². The number of carbonyl (C=O) groups excluding carboxylic acids is 11. The van der Waals surface area contributed by atoms with Gasteiger partial charge in [0.15, 0.2) is 5.96 Å². The van der Waals surface area contributed by atoms with Crippen LogP contribution in [0, 0.1) is 11.3 Å². The molecule has 95 heavy (non-hydrogen) atoms. The first-order valence-electron chi connectivity index (χ1n) is 31.1. The highest BCUT2D eigenvalue weighted by molar-refractivity contribution is 7.82. The summed E-state index contributed by atoms with van der Waals surface area (Å²) < 4.78 is -2.64. The number of nitrogens with one attached hydrogen (secondary N) is 11. The van der Waals surface area contributed by atoms with Gasteiger partial charge in [-0.25, -0.2) is 0 Å². The number of hydrogen-bond donors (Lipinski definition) is 20. The SMILES string of the molecule is CC(=O)N[C@H](C(=O)N(C)[C@@H](CCCNC(=N)N)C(=O)N[C@@H](CO)C(=O)N[C@@H](CC(=O)O)C(=O)N[C@H](C(=O)N[C@@H](CC(C)C)C(=O)N[C@H](C(=O)N[C@@H](Cc1ccc(C(C)(C)C)cc1)C(=O)N[C@@H](CCC(=O)O)CC(=O)N[C@H](CCCCN)C(N)=O)C(C)(C)S)C(C)O)C(C)(C)S. The van der Waals surface area contributed by atoms with Gasteiger partial charge < -0.3 is 95.7 Å². The molecule has 1 aromatic rings. The number of likely N-dealkylation sites (N-methyl/N-ethyl adjacent to an activating group) is 1. The molecule has 0 heterocycles. The summed E-state index contributed by atoms with van der Waals surface area (Å²) in [4.78, 5) is 176. The maximum Gasteiger partial charge on any atom is 0.305 e. The topological polar surface area (TPSA) is 528 Å². The summed E-state index contributed by atoms with van der Waals surface area (Å²) in [5, 5.41) is 72.9. The summed E-state index contributed by atoms with van der Waals surface area (Å²) in [5.74, 6) is -14.5. The number of aliphatic carboxylic acids is 2. The van der Waals surface area contributed by atoms with E-state index in [0.29, 0.717) is 24.9 Å². The first kappa shape index (κ1) is 85.2. The number of nitrogens with zero attached hydrogens (tertiary/aromatic N) is 1. The fraction of sp³-hybridized carbons (Fsp3) is 0.672. The third-order valence-electron chi connectivity index (χ3n) is 14.9. The lowest BCUT2D eigenvalue weighted by Gasteiger charge is -2.36. The van der Waals surface area contributed by atoms with E-state index >= 15 is 0 Å². The Kier molecular flexibility index (Phi) is 35.8. The lowest BCUT2D eigenvalue weighted by molar-refractivity contribution is -0.144. The van der Waals surface area contributed by atoms with Crippen molar-refractivity contribution in [2.75, 3.05) is 26.7 Å². The zero-order valence-corrected chi connectivity index (χ0v) is 58.1. The van der Waals surface area contributed by atoms with Crippen LogP contribution < -0.4 is 70.4 Å². The fourth-order valence-corrected chi connectivity index (χ4v) is 9.95. The molecule has 1 unspecified atom stereocenters. The van der Waals surface area contributed by atoms with E-state index in [1.165, 1.54) is 34.7 Å². The van der Waals surface area contributed by atoms with Crippen molar-refractivity contribution >= 4 is 108 Å². The number of carbonyl (C=O) groups is 13. The van der Waals surface area contributed by atoms with Crippen molar-refractivity contribution in [2.24, 2.45) is 23.1 Å². The predicted octanol–water partition coefficient (Wildman–Crippen LogP) is -2.82. The lowest BCUT2D eigenvalue weighted by atomic mass is 9.86. The van der Waals surface area contributed by atoms with Crippen LogP contribution in [0.3, 0.4) is 0 Å². The number of carboxylic acids is 2. The smallest absolute Gasteiger partial charge is 0.305 e.